The maximum Gasteiger partial charge on any atom is 0.244 e. The van der Waals surface area contributed by atoms with Crippen molar-refractivity contribution in [1.82, 2.24) is 20.4 Å². The lowest BCUT2D eigenvalue weighted by molar-refractivity contribution is -0.123. The molecule has 1 atom stereocenters. The molecular formula is C17H22N4O3. The molecule has 3 heterocycles. The van der Waals surface area contributed by atoms with Crippen molar-refractivity contribution in [3.8, 4) is 11.6 Å². The highest BCUT2D eigenvalue weighted by Crippen LogP contribution is 2.30. The van der Waals surface area contributed by atoms with Crippen LogP contribution in [0.5, 0.6) is 0 Å². The van der Waals surface area contributed by atoms with Gasteiger partial charge >= 0.3 is 0 Å². The van der Waals surface area contributed by atoms with Crippen molar-refractivity contribution in [2.24, 2.45) is 5.92 Å². The van der Waals surface area contributed by atoms with E-state index in [1.165, 1.54) is 0 Å². The Morgan fingerprint density at radius 2 is 2.12 bits per heavy atom. The molecule has 0 aromatic carbocycles. The molecule has 1 aliphatic heterocycles. The number of hydrogen-bond acceptors (Lipinski definition) is 6. The third-order valence-corrected chi connectivity index (χ3v) is 4.91. The summed E-state index contributed by atoms with van der Waals surface area (Å²) >= 11 is 0. The van der Waals surface area contributed by atoms with Crippen LogP contribution in [0.3, 0.4) is 0 Å². The van der Waals surface area contributed by atoms with Crippen LogP contribution in [0.4, 0.5) is 0 Å². The summed E-state index contributed by atoms with van der Waals surface area (Å²) in [6, 6.07) is 3.97. The Balaban J connectivity index is 1.32. The topological polar surface area (TPSA) is 84.4 Å². The highest BCUT2D eigenvalue weighted by Gasteiger charge is 2.33. The van der Waals surface area contributed by atoms with Crippen molar-refractivity contribution in [1.29, 1.82) is 0 Å². The molecule has 7 nitrogen and oxygen atoms in total. The van der Waals surface area contributed by atoms with Gasteiger partial charge in [-0.2, -0.15) is 4.98 Å². The molecule has 24 heavy (non-hydrogen) atoms. The molecule has 1 saturated heterocycles. The molecule has 2 aromatic heterocycles. The van der Waals surface area contributed by atoms with Crippen LogP contribution in [0.2, 0.25) is 0 Å². The van der Waals surface area contributed by atoms with Crippen LogP contribution >= 0.6 is 0 Å². The lowest BCUT2D eigenvalue weighted by atomic mass is 10.0. The fraction of sp³-hybridized carbons (Fsp3) is 0.588. The third-order valence-electron chi connectivity index (χ3n) is 4.91. The van der Waals surface area contributed by atoms with Crippen LogP contribution in [-0.4, -0.2) is 40.1 Å². The maximum absolute atomic E-state index is 11.9. The first-order chi connectivity index (χ1) is 11.7. The first-order valence-corrected chi connectivity index (χ1v) is 8.62. The molecule has 2 aliphatic rings. The van der Waals surface area contributed by atoms with Crippen LogP contribution in [0.25, 0.3) is 11.6 Å². The van der Waals surface area contributed by atoms with Gasteiger partial charge in [-0.3, -0.25) is 9.69 Å². The van der Waals surface area contributed by atoms with E-state index in [2.05, 4.69) is 27.3 Å². The zero-order chi connectivity index (χ0) is 16.5. The molecule has 4 rings (SSSR count). The standard InChI is InChI=1S/C17H22N4O3/c1-11(17-19-15(20-24-17)14-3-2-10-23-14)21-8-6-13(7-9-21)18-16(22)12-4-5-12/h2-3,10-13H,4-9H2,1H3,(H,18,22). The molecule has 2 fully saturated rings. The summed E-state index contributed by atoms with van der Waals surface area (Å²) in [5.74, 6) is 2.20. The van der Waals surface area contributed by atoms with Gasteiger partial charge in [-0.15, -0.1) is 0 Å². The monoisotopic (exact) mass is 330 g/mol. The van der Waals surface area contributed by atoms with Gasteiger partial charge in [0.25, 0.3) is 0 Å². The second-order valence-corrected chi connectivity index (χ2v) is 6.70. The normalized spacial score (nSPS) is 20.9. The minimum Gasteiger partial charge on any atom is -0.461 e. The van der Waals surface area contributed by atoms with Crippen molar-refractivity contribution in [2.45, 2.75) is 44.7 Å². The van der Waals surface area contributed by atoms with Crippen LogP contribution in [0, 0.1) is 5.92 Å². The van der Waals surface area contributed by atoms with Crippen molar-refractivity contribution in [3.63, 3.8) is 0 Å². The predicted octanol–water partition coefficient (Wildman–Crippen LogP) is 2.38. The summed E-state index contributed by atoms with van der Waals surface area (Å²) in [4.78, 5) is 18.6. The van der Waals surface area contributed by atoms with Gasteiger partial charge in [-0.1, -0.05) is 5.16 Å². The number of likely N-dealkylation sites (tertiary alicyclic amines) is 1. The number of piperidine rings is 1. The smallest absolute Gasteiger partial charge is 0.244 e. The van der Waals surface area contributed by atoms with Gasteiger partial charge in [-0.05, 0) is 44.7 Å². The first-order valence-electron chi connectivity index (χ1n) is 8.62. The lowest BCUT2D eigenvalue weighted by Crippen LogP contribution is -2.45. The second-order valence-electron chi connectivity index (χ2n) is 6.70. The Bertz CT molecular complexity index is 685. The number of furan rings is 1. The van der Waals surface area contributed by atoms with Gasteiger partial charge in [0.1, 0.15) is 0 Å². The van der Waals surface area contributed by atoms with Gasteiger partial charge in [0.2, 0.25) is 17.6 Å². The molecule has 0 radical (unpaired) electrons. The molecular weight excluding hydrogens is 308 g/mol. The van der Waals surface area contributed by atoms with E-state index in [0.717, 1.165) is 38.8 Å². The Labute approximate surface area is 140 Å². The average molecular weight is 330 g/mol. The molecule has 0 bridgehead atoms. The summed E-state index contributed by atoms with van der Waals surface area (Å²) in [7, 11) is 0. The lowest BCUT2D eigenvalue weighted by Gasteiger charge is -2.34. The molecule has 1 aliphatic carbocycles. The van der Waals surface area contributed by atoms with Gasteiger partial charge in [0, 0.05) is 25.0 Å². The van der Waals surface area contributed by atoms with E-state index in [9.17, 15) is 4.79 Å². The van der Waals surface area contributed by atoms with Crippen LogP contribution in [0.1, 0.15) is 44.5 Å². The Morgan fingerprint density at radius 3 is 2.79 bits per heavy atom. The zero-order valence-electron chi connectivity index (χ0n) is 13.8. The number of rotatable bonds is 5. The largest absolute Gasteiger partial charge is 0.461 e. The Morgan fingerprint density at radius 1 is 1.33 bits per heavy atom. The summed E-state index contributed by atoms with van der Waals surface area (Å²) in [6.07, 6.45) is 5.62. The Kier molecular flexibility index (Phi) is 4.10. The van der Waals surface area contributed by atoms with Crippen molar-refractivity contribution >= 4 is 5.91 Å². The number of nitrogens with zero attached hydrogens (tertiary/aromatic N) is 3. The zero-order valence-corrected chi connectivity index (χ0v) is 13.8. The van der Waals surface area contributed by atoms with E-state index < -0.39 is 0 Å². The van der Waals surface area contributed by atoms with Crippen molar-refractivity contribution in [3.05, 3.63) is 24.3 Å². The van der Waals surface area contributed by atoms with Crippen LogP contribution < -0.4 is 5.32 Å². The molecule has 2 aromatic rings. The van der Waals surface area contributed by atoms with Crippen LogP contribution in [0.15, 0.2) is 27.3 Å². The van der Waals surface area contributed by atoms with E-state index >= 15 is 0 Å². The number of amides is 1. The van der Waals surface area contributed by atoms with Gasteiger partial charge in [0.05, 0.1) is 12.3 Å². The summed E-state index contributed by atoms with van der Waals surface area (Å²) in [5, 5.41) is 7.16. The second kappa shape index (κ2) is 6.39. The number of hydrogen-bond donors (Lipinski definition) is 1. The van der Waals surface area contributed by atoms with E-state index in [1.807, 2.05) is 6.07 Å². The van der Waals surface area contributed by atoms with Gasteiger partial charge < -0.3 is 14.3 Å². The molecule has 1 N–H and O–H groups in total. The van der Waals surface area contributed by atoms with Crippen LogP contribution in [-0.2, 0) is 4.79 Å². The van der Waals surface area contributed by atoms with E-state index in [4.69, 9.17) is 8.94 Å². The van der Waals surface area contributed by atoms with Gasteiger partial charge in [0.15, 0.2) is 5.76 Å². The summed E-state index contributed by atoms with van der Waals surface area (Å²) in [6.45, 7) is 3.90. The molecule has 1 amide bonds. The average Bonchev–Trinajstić information content (AvgIpc) is 3.11. The number of nitrogens with one attached hydrogen (secondary N) is 1. The number of carbonyl (C=O) groups excluding carboxylic acids is 1. The molecule has 0 spiro atoms. The van der Waals surface area contributed by atoms with E-state index in [0.29, 0.717) is 23.5 Å². The fourth-order valence-electron chi connectivity index (χ4n) is 3.16. The minimum absolute atomic E-state index is 0.0568. The maximum atomic E-state index is 11.9. The Hall–Kier alpha value is -2.15. The predicted molar refractivity (Wildman–Crippen MR) is 85.9 cm³/mol. The quantitative estimate of drug-likeness (QED) is 0.906. The van der Waals surface area contributed by atoms with E-state index in [-0.39, 0.29) is 17.9 Å². The highest BCUT2D eigenvalue weighted by atomic mass is 16.5. The fourth-order valence-corrected chi connectivity index (χ4v) is 3.16. The number of aromatic nitrogens is 2. The molecule has 1 unspecified atom stereocenters. The SMILES string of the molecule is CC(c1nc(-c2ccco2)no1)N1CCC(NC(=O)C2CC2)CC1. The molecule has 1 saturated carbocycles. The third kappa shape index (κ3) is 3.21. The van der Waals surface area contributed by atoms with Crippen molar-refractivity contribution < 1.29 is 13.7 Å². The van der Waals surface area contributed by atoms with Crippen molar-refractivity contribution in [2.75, 3.05) is 13.1 Å². The summed E-state index contributed by atoms with van der Waals surface area (Å²) < 4.78 is 10.7. The van der Waals surface area contributed by atoms with E-state index in [1.54, 1.807) is 12.3 Å². The minimum atomic E-state index is 0.0568. The number of carbonyl (C=O) groups is 1. The van der Waals surface area contributed by atoms with Gasteiger partial charge in [-0.25, -0.2) is 0 Å². The molecule has 128 valence electrons. The molecule has 7 heteroatoms. The highest BCUT2D eigenvalue weighted by molar-refractivity contribution is 5.81. The summed E-state index contributed by atoms with van der Waals surface area (Å²) in [5.41, 5.74) is 0. The first kappa shape index (κ1) is 15.4.